The summed E-state index contributed by atoms with van der Waals surface area (Å²) in [4.78, 5) is 6.30. The summed E-state index contributed by atoms with van der Waals surface area (Å²) in [5, 5.41) is 4.54. The minimum atomic E-state index is 0.160. The topological polar surface area (TPSA) is 51.4 Å². The predicted octanol–water partition coefficient (Wildman–Crippen LogP) is 3.84. The zero-order chi connectivity index (χ0) is 16.1. The van der Waals surface area contributed by atoms with Crippen LogP contribution in [0.1, 0.15) is 37.5 Å². The normalized spacial score (nSPS) is 12.6. The Morgan fingerprint density at radius 2 is 2.14 bits per heavy atom. The van der Waals surface area contributed by atoms with Crippen LogP contribution in [0.15, 0.2) is 22.7 Å². The lowest BCUT2D eigenvalue weighted by Crippen LogP contribution is -2.18. The van der Waals surface area contributed by atoms with Crippen LogP contribution in [0.5, 0.6) is 5.75 Å². The number of hydrogen-bond acceptors (Lipinski definition) is 5. The number of halogens is 1. The highest BCUT2D eigenvalue weighted by molar-refractivity contribution is 6.32. The number of aromatic nitrogens is 2. The minimum Gasteiger partial charge on any atom is -0.489 e. The molecule has 1 aromatic carbocycles. The van der Waals surface area contributed by atoms with Crippen molar-refractivity contribution in [1.82, 2.24) is 15.0 Å². The van der Waals surface area contributed by atoms with E-state index in [9.17, 15) is 0 Å². The molecule has 5 nitrogen and oxygen atoms in total. The standard InChI is InChI=1S/C16H22ClN3O2/c1-5-11(2)21-15-7-6-13(8-14(15)17)9-20(4)10-16-18-12(3)22-19-16/h6-8,11H,5,9-10H2,1-4H3. The molecule has 120 valence electrons. The third-order valence-electron chi connectivity index (χ3n) is 3.33. The van der Waals surface area contributed by atoms with Gasteiger partial charge in [0.1, 0.15) is 5.75 Å². The fourth-order valence-corrected chi connectivity index (χ4v) is 2.30. The monoisotopic (exact) mass is 323 g/mol. The maximum atomic E-state index is 6.29. The molecular weight excluding hydrogens is 302 g/mol. The predicted molar refractivity (Wildman–Crippen MR) is 86.0 cm³/mol. The van der Waals surface area contributed by atoms with E-state index in [2.05, 4.69) is 22.0 Å². The fraction of sp³-hybridized carbons (Fsp3) is 0.500. The largest absolute Gasteiger partial charge is 0.489 e. The summed E-state index contributed by atoms with van der Waals surface area (Å²) in [6.45, 7) is 7.27. The van der Waals surface area contributed by atoms with Gasteiger partial charge in [-0.2, -0.15) is 4.98 Å². The van der Waals surface area contributed by atoms with Crippen LogP contribution in [0, 0.1) is 6.92 Å². The van der Waals surface area contributed by atoms with Crippen molar-refractivity contribution < 1.29 is 9.26 Å². The molecule has 0 bridgehead atoms. The molecule has 6 heteroatoms. The number of benzene rings is 1. The van der Waals surface area contributed by atoms with E-state index in [0.29, 0.717) is 23.3 Å². The van der Waals surface area contributed by atoms with E-state index >= 15 is 0 Å². The molecule has 0 spiro atoms. The van der Waals surface area contributed by atoms with Crippen LogP contribution in [0.4, 0.5) is 0 Å². The van der Waals surface area contributed by atoms with Gasteiger partial charge in [0.2, 0.25) is 5.89 Å². The Kier molecular flexibility index (Phi) is 5.80. The summed E-state index contributed by atoms with van der Waals surface area (Å²) in [6, 6.07) is 5.90. The Hall–Kier alpha value is -1.59. The summed E-state index contributed by atoms with van der Waals surface area (Å²) < 4.78 is 10.7. The van der Waals surface area contributed by atoms with Crippen LogP contribution in [-0.2, 0) is 13.1 Å². The summed E-state index contributed by atoms with van der Waals surface area (Å²) >= 11 is 6.29. The molecule has 0 saturated heterocycles. The first-order chi connectivity index (χ1) is 10.5. The molecule has 0 N–H and O–H groups in total. The second-order valence-electron chi connectivity index (χ2n) is 5.50. The Bertz CT molecular complexity index is 615. The molecule has 0 aliphatic rings. The first kappa shape index (κ1) is 16.8. The number of rotatable bonds is 7. The van der Waals surface area contributed by atoms with Crippen molar-refractivity contribution in [3.63, 3.8) is 0 Å². The smallest absolute Gasteiger partial charge is 0.223 e. The summed E-state index contributed by atoms with van der Waals surface area (Å²) in [5.41, 5.74) is 1.12. The van der Waals surface area contributed by atoms with Gasteiger partial charge in [-0.05, 0) is 38.1 Å². The SMILES string of the molecule is CCC(C)Oc1ccc(CN(C)Cc2noc(C)n2)cc1Cl. The van der Waals surface area contributed by atoms with Crippen LogP contribution in [0.3, 0.4) is 0 Å². The van der Waals surface area contributed by atoms with E-state index in [-0.39, 0.29) is 6.10 Å². The molecule has 1 aromatic heterocycles. The average molecular weight is 324 g/mol. The molecule has 0 fully saturated rings. The first-order valence-corrected chi connectivity index (χ1v) is 7.78. The van der Waals surface area contributed by atoms with E-state index in [1.165, 1.54) is 0 Å². The van der Waals surface area contributed by atoms with Gasteiger partial charge in [-0.25, -0.2) is 0 Å². The molecule has 0 radical (unpaired) electrons. The zero-order valence-electron chi connectivity index (χ0n) is 13.5. The van der Waals surface area contributed by atoms with E-state index in [1.54, 1.807) is 6.92 Å². The Balaban J connectivity index is 1.96. The highest BCUT2D eigenvalue weighted by atomic mass is 35.5. The lowest BCUT2D eigenvalue weighted by Gasteiger charge is -2.17. The number of hydrogen-bond donors (Lipinski definition) is 0. The van der Waals surface area contributed by atoms with Gasteiger partial charge in [0, 0.05) is 13.5 Å². The molecule has 2 aromatic rings. The quantitative estimate of drug-likeness (QED) is 0.774. The Labute approximate surface area is 136 Å². The van der Waals surface area contributed by atoms with E-state index in [4.69, 9.17) is 20.9 Å². The van der Waals surface area contributed by atoms with Crippen molar-refractivity contribution in [2.75, 3.05) is 7.05 Å². The van der Waals surface area contributed by atoms with Crippen molar-refractivity contribution in [1.29, 1.82) is 0 Å². The molecular formula is C16H22ClN3O2. The number of ether oxygens (including phenoxy) is 1. The van der Waals surface area contributed by atoms with Gasteiger partial charge in [-0.15, -0.1) is 0 Å². The molecule has 1 unspecified atom stereocenters. The summed E-state index contributed by atoms with van der Waals surface area (Å²) in [6.07, 6.45) is 1.11. The van der Waals surface area contributed by atoms with Gasteiger partial charge in [0.05, 0.1) is 17.7 Å². The lowest BCUT2D eigenvalue weighted by molar-refractivity contribution is 0.217. The van der Waals surface area contributed by atoms with Gasteiger partial charge in [-0.1, -0.05) is 29.7 Å². The van der Waals surface area contributed by atoms with Gasteiger partial charge in [0.25, 0.3) is 0 Å². The number of aryl methyl sites for hydroxylation is 1. The van der Waals surface area contributed by atoms with Crippen molar-refractivity contribution in [3.05, 3.63) is 40.5 Å². The Morgan fingerprint density at radius 3 is 2.73 bits per heavy atom. The van der Waals surface area contributed by atoms with Crippen molar-refractivity contribution in [3.8, 4) is 5.75 Å². The maximum absolute atomic E-state index is 6.29. The van der Waals surface area contributed by atoms with E-state index < -0.39 is 0 Å². The minimum absolute atomic E-state index is 0.160. The van der Waals surface area contributed by atoms with Gasteiger partial charge < -0.3 is 9.26 Å². The molecule has 0 aliphatic heterocycles. The Morgan fingerprint density at radius 1 is 1.36 bits per heavy atom. The molecule has 1 atom stereocenters. The van der Waals surface area contributed by atoms with E-state index in [0.717, 1.165) is 24.3 Å². The van der Waals surface area contributed by atoms with Crippen LogP contribution >= 0.6 is 11.6 Å². The number of nitrogens with zero attached hydrogens (tertiary/aromatic N) is 3. The van der Waals surface area contributed by atoms with Crippen LogP contribution in [0.2, 0.25) is 5.02 Å². The summed E-state index contributed by atoms with van der Waals surface area (Å²) in [5.74, 6) is 2.00. The van der Waals surface area contributed by atoms with Crippen molar-refractivity contribution in [2.24, 2.45) is 0 Å². The van der Waals surface area contributed by atoms with Crippen LogP contribution in [0.25, 0.3) is 0 Å². The molecule has 0 aliphatic carbocycles. The van der Waals surface area contributed by atoms with Gasteiger partial charge in [-0.3, -0.25) is 4.90 Å². The van der Waals surface area contributed by atoms with Crippen molar-refractivity contribution >= 4 is 11.6 Å². The molecule has 0 amide bonds. The molecule has 22 heavy (non-hydrogen) atoms. The summed E-state index contributed by atoms with van der Waals surface area (Å²) in [7, 11) is 2.00. The third kappa shape index (κ3) is 4.71. The second-order valence-corrected chi connectivity index (χ2v) is 5.91. The van der Waals surface area contributed by atoms with Crippen LogP contribution in [-0.4, -0.2) is 28.2 Å². The highest BCUT2D eigenvalue weighted by Crippen LogP contribution is 2.27. The average Bonchev–Trinajstić information content (AvgIpc) is 2.86. The van der Waals surface area contributed by atoms with Crippen molar-refractivity contribution in [2.45, 2.75) is 46.4 Å². The zero-order valence-corrected chi connectivity index (χ0v) is 14.2. The first-order valence-electron chi connectivity index (χ1n) is 7.40. The third-order valence-corrected chi connectivity index (χ3v) is 3.63. The molecule has 1 heterocycles. The highest BCUT2D eigenvalue weighted by Gasteiger charge is 2.10. The van der Waals surface area contributed by atoms with Gasteiger partial charge in [0.15, 0.2) is 5.82 Å². The van der Waals surface area contributed by atoms with Crippen LogP contribution < -0.4 is 4.74 Å². The fourth-order valence-electron chi connectivity index (χ4n) is 2.05. The maximum Gasteiger partial charge on any atom is 0.223 e. The van der Waals surface area contributed by atoms with E-state index in [1.807, 2.05) is 32.2 Å². The lowest BCUT2D eigenvalue weighted by atomic mass is 10.2. The van der Waals surface area contributed by atoms with Gasteiger partial charge >= 0.3 is 0 Å². The molecule has 0 saturated carbocycles. The molecule has 2 rings (SSSR count). The second kappa shape index (κ2) is 7.61.